The van der Waals surface area contributed by atoms with Crippen molar-refractivity contribution in [3.8, 4) is 0 Å². The van der Waals surface area contributed by atoms with E-state index in [9.17, 15) is 8.42 Å². The average molecular weight is 405 g/mol. The highest BCUT2D eigenvalue weighted by Gasteiger charge is 2.31. The Morgan fingerprint density at radius 2 is 1.95 bits per heavy atom. The third kappa shape index (κ3) is 3.53. The number of thioether (sulfide) groups is 1. The topological polar surface area (TPSA) is 40.6 Å². The van der Waals surface area contributed by atoms with Gasteiger partial charge in [0, 0.05) is 35.9 Å². The first-order valence-electron chi connectivity index (χ1n) is 7.65. The molecule has 0 bridgehead atoms. The summed E-state index contributed by atoms with van der Waals surface area (Å²) in [6.45, 7) is 3.05. The summed E-state index contributed by atoms with van der Waals surface area (Å²) >= 11 is 5.37. The Hall–Kier alpha value is -0.0800. The minimum atomic E-state index is -3.41. The number of halogens is 1. The van der Waals surface area contributed by atoms with Crippen molar-refractivity contribution in [1.29, 1.82) is 0 Å². The molecule has 0 saturated carbocycles. The molecular formula is C15H21BrN2O2S2. The number of nitrogens with zero attached hydrogens (tertiary/aromatic N) is 2. The normalized spacial score (nSPS) is 25.2. The van der Waals surface area contributed by atoms with Gasteiger partial charge in [0.15, 0.2) is 0 Å². The predicted octanol–water partition coefficient (Wildman–Crippen LogP) is 2.65. The molecule has 1 aromatic carbocycles. The van der Waals surface area contributed by atoms with Crippen LogP contribution in [0.15, 0.2) is 33.6 Å². The third-order valence-electron chi connectivity index (χ3n) is 4.37. The van der Waals surface area contributed by atoms with Crippen molar-refractivity contribution in [1.82, 2.24) is 9.21 Å². The molecular weight excluding hydrogens is 384 g/mol. The Balaban J connectivity index is 1.74. The maximum absolute atomic E-state index is 12.9. The van der Waals surface area contributed by atoms with Crippen molar-refractivity contribution in [3.05, 3.63) is 28.7 Å². The zero-order valence-electron chi connectivity index (χ0n) is 12.4. The highest BCUT2D eigenvalue weighted by Crippen LogP contribution is 2.27. The second kappa shape index (κ2) is 7.21. The number of hydrogen-bond acceptors (Lipinski definition) is 4. The summed E-state index contributed by atoms with van der Waals surface area (Å²) in [6.07, 6.45) is 2.15. The van der Waals surface area contributed by atoms with Crippen LogP contribution >= 0.6 is 27.7 Å². The number of hydrogen-bond donors (Lipinski definition) is 0. The minimum Gasteiger partial charge on any atom is -0.298 e. The highest BCUT2D eigenvalue weighted by molar-refractivity contribution is 9.10. The molecule has 1 aromatic rings. The van der Waals surface area contributed by atoms with E-state index in [1.54, 1.807) is 22.5 Å². The Morgan fingerprint density at radius 1 is 1.14 bits per heavy atom. The van der Waals surface area contributed by atoms with Gasteiger partial charge in [-0.25, -0.2) is 8.42 Å². The predicted molar refractivity (Wildman–Crippen MR) is 94.8 cm³/mol. The zero-order chi connectivity index (χ0) is 15.6. The van der Waals surface area contributed by atoms with Crippen LogP contribution < -0.4 is 0 Å². The Morgan fingerprint density at radius 3 is 2.68 bits per heavy atom. The van der Waals surface area contributed by atoms with Gasteiger partial charge in [-0.2, -0.15) is 16.1 Å². The Kier molecular flexibility index (Phi) is 5.50. The van der Waals surface area contributed by atoms with Crippen molar-refractivity contribution in [3.63, 3.8) is 0 Å². The van der Waals surface area contributed by atoms with Crippen LogP contribution in [0, 0.1) is 0 Å². The van der Waals surface area contributed by atoms with Crippen LogP contribution in [0.25, 0.3) is 0 Å². The van der Waals surface area contributed by atoms with E-state index in [2.05, 4.69) is 20.8 Å². The highest BCUT2D eigenvalue weighted by atomic mass is 79.9. The van der Waals surface area contributed by atoms with Crippen molar-refractivity contribution in [2.75, 3.05) is 37.7 Å². The summed E-state index contributed by atoms with van der Waals surface area (Å²) in [7, 11) is -3.41. The van der Waals surface area contributed by atoms with E-state index in [1.165, 1.54) is 17.9 Å². The third-order valence-corrected chi connectivity index (χ3v) is 8.42. The molecule has 1 atom stereocenters. The molecule has 3 rings (SSSR count). The lowest BCUT2D eigenvalue weighted by atomic mass is 10.2. The van der Waals surface area contributed by atoms with Crippen LogP contribution in [0.3, 0.4) is 0 Å². The number of benzene rings is 1. The van der Waals surface area contributed by atoms with Crippen LogP contribution in [-0.2, 0) is 10.0 Å². The van der Waals surface area contributed by atoms with Gasteiger partial charge in [0.1, 0.15) is 0 Å². The molecule has 0 spiro atoms. The van der Waals surface area contributed by atoms with Crippen LogP contribution in [0.2, 0.25) is 0 Å². The van der Waals surface area contributed by atoms with Crippen molar-refractivity contribution in [2.45, 2.75) is 23.8 Å². The number of sulfonamides is 1. The van der Waals surface area contributed by atoms with Gasteiger partial charge >= 0.3 is 0 Å². The molecule has 2 aliphatic rings. The van der Waals surface area contributed by atoms with Gasteiger partial charge in [-0.15, -0.1) is 0 Å². The van der Waals surface area contributed by atoms with E-state index in [-0.39, 0.29) is 0 Å². The van der Waals surface area contributed by atoms with Crippen molar-refractivity contribution < 1.29 is 8.42 Å². The van der Waals surface area contributed by atoms with Gasteiger partial charge in [0.2, 0.25) is 10.0 Å². The molecule has 2 fully saturated rings. The van der Waals surface area contributed by atoms with Crippen LogP contribution in [0.4, 0.5) is 0 Å². The minimum absolute atomic E-state index is 0.375. The summed E-state index contributed by atoms with van der Waals surface area (Å²) in [4.78, 5) is 2.86. The molecule has 2 heterocycles. The molecule has 0 amide bonds. The van der Waals surface area contributed by atoms with Gasteiger partial charge in [0.05, 0.1) is 4.90 Å². The van der Waals surface area contributed by atoms with Crippen molar-refractivity contribution >= 4 is 37.7 Å². The zero-order valence-corrected chi connectivity index (χ0v) is 15.7. The average Bonchev–Trinajstić information content (AvgIpc) is 2.91. The van der Waals surface area contributed by atoms with Crippen LogP contribution in [0.1, 0.15) is 12.8 Å². The van der Waals surface area contributed by atoms with Gasteiger partial charge in [-0.3, -0.25) is 4.90 Å². The molecule has 4 nitrogen and oxygen atoms in total. The molecule has 0 aliphatic carbocycles. The first-order valence-corrected chi connectivity index (χ1v) is 11.0. The van der Waals surface area contributed by atoms with E-state index in [0.29, 0.717) is 28.5 Å². The fourth-order valence-electron chi connectivity index (χ4n) is 3.12. The second-order valence-corrected chi connectivity index (χ2v) is 9.65. The molecule has 2 aliphatic heterocycles. The summed E-state index contributed by atoms with van der Waals surface area (Å²) in [5, 5.41) is 0. The lowest BCUT2D eigenvalue weighted by Gasteiger charge is -2.26. The largest absolute Gasteiger partial charge is 0.298 e. The fourth-order valence-corrected chi connectivity index (χ4v) is 6.81. The van der Waals surface area contributed by atoms with E-state index >= 15 is 0 Å². The van der Waals surface area contributed by atoms with E-state index in [1.807, 2.05) is 17.8 Å². The van der Waals surface area contributed by atoms with E-state index in [4.69, 9.17) is 0 Å². The standard InChI is InChI=1S/C15H21BrN2O2S2/c16-14-4-1-2-5-15(14)22(19,20)18-8-3-7-17(9-10-18)13-6-11-21-12-13/h1-2,4-5,13H,3,6-12H2. The maximum atomic E-state index is 12.9. The van der Waals surface area contributed by atoms with Gasteiger partial charge in [-0.1, -0.05) is 12.1 Å². The van der Waals surface area contributed by atoms with Gasteiger partial charge in [0.25, 0.3) is 0 Å². The monoisotopic (exact) mass is 404 g/mol. The Bertz CT molecular complexity index is 618. The molecule has 0 N–H and O–H groups in total. The molecule has 0 radical (unpaired) electrons. The summed E-state index contributed by atoms with van der Waals surface area (Å²) < 4.78 is 28.0. The lowest BCUT2D eigenvalue weighted by Crippen LogP contribution is -2.39. The van der Waals surface area contributed by atoms with Crippen molar-refractivity contribution in [2.24, 2.45) is 0 Å². The molecule has 7 heteroatoms. The molecule has 22 heavy (non-hydrogen) atoms. The summed E-state index contributed by atoms with van der Waals surface area (Å²) in [5.74, 6) is 2.43. The van der Waals surface area contributed by atoms with Gasteiger partial charge in [-0.05, 0) is 53.2 Å². The van der Waals surface area contributed by atoms with E-state index in [0.717, 1.165) is 19.5 Å². The smallest absolute Gasteiger partial charge is 0.244 e. The molecule has 1 unspecified atom stereocenters. The SMILES string of the molecule is O=S(=O)(c1ccccc1Br)N1CCCN(C2CCSC2)CC1. The fraction of sp³-hybridized carbons (Fsp3) is 0.600. The van der Waals surface area contributed by atoms with E-state index < -0.39 is 10.0 Å². The first kappa shape index (κ1) is 16.8. The van der Waals surface area contributed by atoms with Gasteiger partial charge < -0.3 is 0 Å². The Labute approximate surface area is 145 Å². The van der Waals surface area contributed by atoms with Crippen LogP contribution in [0.5, 0.6) is 0 Å². The summed E-state index contributed by atoms with van der Waals surface area (Å²) in [6, 6.07) is 7.71. The second-order valence-electron chi connectivity index (χ2n) is 5.74. The molecule has 122 valence electrons. The maximum Gasteiger partial charge on any atom is 0.244 e. The number of rotatable bonds is 3. The first-order chi connectivity index (χ1) is 10.6. The lowest BCUT2D eigenvalue weighted by molar-refractivity contribution is 0.223. The molecule has 0 aromatic heterocycles. The molecule has 2 saturated heterocycles. The quantitative estimate of drug-likeness (QED) is 0.776. The summed E-state index contributed by atoms with van der Waals surface area (Å²) in [5.41, 5.74) is 0. The van der Waals surface area contributed by atoms with Crippen LogP contribution in [-0.4, -0.2) is 61.3 Å².